The molecule has 1 heterocycles. The highest BCUT2D eigenvalue weighted by atomic mass is 35.5. The molecule has 0 aliphatic rings. The van der Waals surface area contributed by atoms with E-state index in [9.17, 15) is 0 Å². The van der Waals surface area contributed by atoms with Gasteiger partial charge in [0.05, 0.1) is 16.9 Å². The Bertz CT molecular complexity index is 559. The van der Waals surface area contributed by atoms with Crippen molar-refractivity contribution in [1.29, 1.82) is 0 Å². The molecule has 0 bridgehead atoms. The first-order chi connectivity index (χ1) is 9.65. The minimum atomic E-state index is 0.424. The van der Waals surface area contributed by atoms with E-state index in [-0.39, 0.29) is 0 Å². The molecule has 2 rings (SSSR count). The molecule has 0 spiro atoms. The first-order valence-corrected chi connectivity index (χ1v) is 6.98. The molecule has 106 valence electrons. The molecule has 6 heteroatoms. The maximum Gasteiger partial charge on any atom is 0.249 e. The van der Waals surface area contributed by atoms with Crippen LogP contribution >= 0.6 is 11.6 Å². The van der Waals surface area contributed by atoms with E-state index in [0.717, 1.165) is 18.7 Å². The molecule has 0 saturated heterocycles. The van der Waals surface area contributed by atoms with Crippen LogP contribution in [0.25, 0.3) is 0 Å². The van der Waals surface area contributed by atoms with Gasteiger partial charge in [0.15, 0.2) is 5.82 Å². The molecule has 0 radical (unpaired) electrons. The van der Waals surface area contributed by atoms with Gasteiger partial charge in [0, 0.05) is 6.54 Å². The van der Waals surface area contributed by atoms with Crippen LogP contribution in [0.15, 0.2) is 30.5 Å². The molecule has 2 N–H and O–H groups in total. The summed E-state index contributed by atoms with van der Waals surface area (Å²) in [6.45, 7) is 5.23. The van der Waals surface area contributed by atoms with Crippen molar-refractivity contribution < 1.29 is 0 Å². The third-order valence-corrected chi connectivity index (χ3v) is 3.04. The van der Waals surface area contributed by atoms with Crippen molar-refractivity contribution in [1.82, 2.24) is 15.2 Å². The topological polar surface area (TPSA) is 62.7 Å². The van der Waals surface area contributed by atoms with Gasteiger partial charge in [-0.3, -0.25) is 0 Å². The molecule has 2 aromatic rings. The summed E-state index contributed by atoms with van der Waals surface area (Å²) in [4.78, 5) is 4.35. The maximum absolute atomic E-state index is 6.08. The Kier molecular flexibility index (Phi) is 5.12. The van der Waals surface area contributed by atoms with Crippen molar-refractivity contribution in [2.45, 2.75) is 20.3 Å². The van der Waals surface area contributed by atoms with Gasteiger partial charge in [0.2, 0.25) is 5.95 Å². The fourth-order valence-corrected chi connectivity index (χ4v) is 1.80. The number of nitrogens with one attached hydrogen (secondary N) is 2. The van der Waals surface area contributed by atoms with E-state index in [4.69, 9.17) is 11.6 Å². The summed E-state index contributed by atoms with van der Waals surface area (Å²) in [7, 11) is 0. The normalized spacial score (nSPS) is 10.6. The zero-order valence-corrected chi connectivity index (χ0v) is 12.4. The third kappa shape index (κ3) is 4.35. The Hall–Kier alpha value is -1.88. The van der Waals surface area contributed by atoms with Crippen molar-refractivity contribution in [3.63, 3.8) is 0 Å². The van der Waals surface area contributed by atoms with Crippen LogP contribution in [0.4, 0.5) is 17.5 Å². The minimum absolute atomic E-state index is 0.424. The lowest BCUT2D eigenvalue weighted by Crippen LogP contribution is -2.08. The predicted molar refractivity (Wildman–Crippen MR) is 82.5 cm³/mol. The van der Waals surface area contributed by atoms with Crippen LogP contribution in [0, 0.1) is 5.92 Å². The highest BCUT2D eigenvalue weighted by Gasteiger charge is 2.04. The summed E-state index contributed by atoms with van der Waals surface area (Å²) in [6, 6.07) is 7.44. The van der Waals surface area contributed by atoms with E-state index in [2.05, 4.69) is 39.7 Å². The third-order valence-electron chi connectivity index (χ3n) is 2.71. The molecule has 0 fully saturated rings. The number of anilines is 3. The van der Waals surface area contributed by atoms with Crippen LogP contribution in [0.2, 0.25) is 5.02 Å². The molecule has 0 aliphatic heterocycles. The molecule has 0 aliphatic carbocycles. The predicted octanol–water partition coefficient (Wildman–Crippen LogP) is 3.73. The van der Waals surface area contributed by atoms with Gasteiger partial charge >= 0.3 is 0 Å². The van der Waals surface area contributed by atoms with E-state index in [1.165, 1.54) is 0 Å². The summed E-state index contributed by atoms with van der Waals surface area (Å²) in [6.07, 6.45) is 2.69. The van der Waals surface area contributed by atoms with Crippen molar-refractivity contribution in [2.75, 3.05) is 17.2 Å². The van der Waals surface area contributed by atoms with Gasteiger partial charge in [-0.25, -0.2) is 0 Å². The first-order valence-electron chi connectivity index (χ1n) is 6.60. The summed E-state index contributed by atoms with van der Waals surface area (Å²) in [5, 5.41) is 14.8. The van der Waals surface area contributed by atoms with Crippen LogP contribution in [0.1, 0.15) is 20.3 Å². The van der Waals surface area contributed by atoms with E-state index < -0.39 is 0 Å². The second-order valence-corrected chi connectivity index (χ2v) is 5.29. The zero-order valence-electron chi connectivity index (χ0n) is 11.6. The second kappa shape index (κ2) is 7.05. The summed E-state index contributed by atoms with van der Waals surface area (Å²) in [5.41, 5.74) is 0.760. The molecule has 1 aromatic carbocycles. The number of rotatable bonds is 6. The lowest BCUT2D eigenvalue weighted by atomic mass is 10.1. The molecule has 5 nitrogen and oxygen atoms in total. The molecule has 0 atom stereocenters. The SMILES string of the molecule is CC(C)CCNc1cnnc(Nc2ccccc2Cl)n1. The Labute approximate surface area is 123 Å². The first kappa shape index (κ1) is 14.5. The van der Waals surface area contributed by atoms with Crippen LogP contribution in [-0.2, 0) is 0 Å². The Morgan fingerprint density at radius 2 is 2.05 bits per heavy atom. The monoisotopic (exact) mass is 291 g/mol. The number of hydrogen-bond donors (Lipinski definition) is 2. The molecule has 0 unspecified atom stereocenters. The average molecular weight is 292 g/mol. The number of nitrogens with zero attached hydrogens (tertiary/aromatic N) is 3. The van der Waals surface area contributed by atoms with Gasteiger partial charge in [-0.1, -0.05) is 37.6 Å². The Balaban J connectivity index is 2.01. The van der Waals surface area contributed by atoms with Gasteiger partial charge in [0.25, 0.3) is 0 Å². The molecular weight excluding hydrogens is 274 g/mol. The van der Waals surface area contributed by atoms with Crippen LogP contribution in [0.3, 0.4) is 0 Å². The summed E-state index contributed by atoms with van der Waals surface area (Å²) >= 11 is 6.08. The quantitative estimate of drug-likeness (QED) is 0.849. The molecule has 20 heavy (non-hydrogen) atoms. The van der Waals surface area contributed by atoms with Crippen LogP contribution < -0.4 is 10.6 Å². The van der Waals surface area contributed by atoms with Crippen LogP contribution in [0.5, 0.6) is 0 Å². The number of halogens is 1. The number of para-hydroxylation sites is 1. The molecule has 0 amide bonds. The van der Waals surface area contributed by atoms with Gasteiger partial charge < -0.3 is 10.6 Å². The minimum Gasteiger partial charge on any atom is -0.369 e. The molecular formula is C14H18ClN5. The van der Waals surface area contributed by atoms with E-state index in [0.29, 0.717) is 22.7 Å². The van der Waals surface area contributed by atoms with Crippen molar-refractivity contribution in [3.05, 3.63) is 35.5 Å². The Morgan fingerprint density at radius 3 is 2.80 bits per heavy atom. The standard InChI is InChI=1S/C14H18ClN5/c1-10(2)7-8-16-13-9-17-20-14(19-13)18-12-6-4-3-5-11(12)15/h3-6,9-10H,7-8H2,1-2H3,(H2,16,18,19,20). The summed E-state index contributed by atoms with van der Waals surface area (Å²) in [5.74, 6) is 1.78. The average Bonchev–Trinajstić information content (AvgIpc) is 2.41. The number of benzene rings is 1. The number of hydrogen-bond acceptors (Lipinski definition) is 5. The zero-order chi connectivity index (χ0) is 14.4. The fraction of sp³-hybridized carbons (Fsp3) is 0.357. The van der Waals surface area contributed by atoms with Crippen molar-refractivity contribution >= 4 is 29.1 Å². The maximum atomic E-state index is 6.08. The lowest BCUT2D eigenvalue weighted by molar-refractivity contribution is 0.606. The highest BCUT2D eigenvalue weighted by Crippen LogP contribution is 2.23. The van der Waals surface area contributed by atoms with Crippen molar-refractivity contribution in [2.24, 2.45) is 5.92 Å². The molecule has 1 aromatic heterocycles. The second-order valence-electron chi connectivity index (χ2n) is 4.88. The molecule has 0 saturated carbocycles. The number of aromatic nitrogens is 3. The highest BCUT2D eigenvalue weighted by molar-refractivity contribution is 6.33. The van der Waals surface area contributed by atoms with Gasteiger partial charge in [-0.2, -0.15) is 10.1 Å². The Morgan fingerprint density at radius 1 is 1.25 bits per heavy atom. The van der Waals surface area contributed by atoms with E-state index in [1.54, 1.807) is 6.20 Å². The summed E-state index contributed by atoms with van der Waals surface area (Å²) < 4.78 is 0. The van der Waals surface area contributed by atoms with Crippen LogP contribution in [-0.4, -0.2) is 21.7 Å². The fourth-order valence-electron chi connectivity index (χ4n) is 1.61. The lowest BCUT2D eigenvalue weighted by Gasteiger charge is -2.09. The van der Waals surface area contributed by atoms with E-state index >= 15 is 0 Å². The largest absolute Gasteiger partial charge is 0.369 e. The van der Waals surface area contributed by atoms with Gasteiger partial charge in [0.1, 0.15) is 0 Å². The van der Waals surface area contributed by atoms with Gasteiger partial charge in [-0.05, 0) is 24.5 Å². The van der Waals surface area contributed by atoms with Gasteiger partial charge in [-0.15, -0.1) is 5.10 Å². The van der Waals surface area contributed by atoms with E-state index in [1.807, 2.05) is 24.3 Å². The smallest absolute Gasteiger partial charge is 0.249 e. The van der Waals surface area contributed by atoms with Crippen molar-refractivity contribution in [3.8, 4) is 0 Å².